The Bertz CT molecular complexity index is 739. The molecule has 100 valence electrons. The lowest BCUT2D eigenvalue weighted by Crippen LogP contribution is -2.22. The van der Waals surface area contributed by atoms with Crippen molar-refractivity contribution < 1.29 is 4.79 Å². The maximum atomic E-state index is 12.0. The minimum Gasteiger partial charge on any atom is -0.345 e. The standard InChI is InChI=1S/C14H10BrN3OS/c15-10-5-9(6-16-7-10)14(19)17-8-13-18-11-3-1-2-4-12(11)20-13/h1-7H,8H2,(H,17,19). The summed E-state index contributed by atoms with van der Waals surface area (Å²) in [6, 6.07) is 9.67. The van der Waals surface area contributed by atoms with Gasteiger partial charge in [0.15, 0.2) is 0 Å². The van der Waals surface area contributed by atoms with Gasteiger partial charge >= 0.3 is 0 Å². The molecule has 1 amide bonds. The van der Waals surface area contributed by atoms with Crippen molar-refractivity contribution in [3.05, 3.63) is 57.8 Å². The average molecular weight is 348 g/mol. The van der Waals surface area contributed by atoms with Crippen LogP contribution in [0.5, 0.6) is 0 Å². The topological polar surface area (TPSA) is 54.9 Å². The molecule has 1 N–H and O–H groups in total. The van der Waals surface area contributed by atoms with Crippen LogP contribution in [0.15, 0.2) is 47.2 Å². The van der Waals surface area contributed by atoms with E-state index in [1.807, 2.05) is 24.3 Å². The van der Waals surface area contributed by atoms with Crippen LogP contribution in [0.3, 0.4) is 0 Å². The van der Waals surface area contributed by atoms with E-state index in [-0.39, 0.29) is 5.91 Å². The zero-order chi connectivity index (χ0) is 13.9. The number of amides is 1. The first-order chi connectivity index (χ1) is 9.72. The van der Waals surface area contributed by atoms with Gasteiger partial charge in [0.2, 0.25) is 0 Å². The van der Waals surface area contributed by atoms with Gasteiger partial charge in [-0.15, -0.1) is 11.3 Å². The van der Waals surface area contributed by atoms with E-state index in [1.54, 1.807) is 29.8 Å². The van der Waals surface area contributed by atoms with E-state index in [4.69, 9.17) is 0 Å². The molecule has 2 heterocycles. The van der Waals surface area contributed by atoms with Crippen LogP contribution in [0.2, 0.25) is 0 Å². The minimum absolute atomic E-state index is 0.155. The Hall–Kier alpha value is -1.79. The highest BCUT2D eigenvalue weighted by Gasteiger charge is 2.08. The maximum absolute atomic E-state index is 12.0. The third-order valence-electron chi connectivity index (χ3n) is 2.71. The Morgan fingerprint density at radius 1 is 1.30 bits per heavy atom. The number of halogens is 1. The number of hydrogen-bond acceptors (Lipinski definition) is 4. The van der Waals surface area contributed by atoms with Crippen LogP contribution in [0.1, 0.15) is 15.4 Å². The number of benzene rings is 1. The highest BCUT2D eigenvalue weighted by Crippen LogP contribution is 2.21. The predicted octanol–water partition coefficient (Wildman–Crippen LogP) is 3.38. The average Bonchev–Trinajstić information content (AvgIpc) is 2.87. The summed E-state index contributed by atoms with van der Waals surface area (Å²) >= 11 is 4.88. The molecule has 0 radical (unpaired) electrons. The summed E-state index contributed by atoms with van der Waals surface area (Å²) in [5.74, 6) is -0.155. The first-order valence-corrected chi connectivity index (χ1v) is 7.56. The van der Waals surface area contributed by atoms with Crippen LogP contribution >= 0.6 is 27.3 Å². The minimum atomic E-state index is -0.155. The van der Waals surface area contributed by atoms with E-state index in [9.17, 15) is 4.79 Å². The number of pyridine rings is 1. The number of nitrogens with zero attached hydrogens (tertiary/aromatic N) is 2. The molecule has 3 aromatic rings. The van der Waals surface area contributed by atoms with E-state index in [0.717, 1.165) is 19.7 Å². The Morgan fingerprint density at radius 3 is 2.95 bits per heavy atom. The van der Waals surface area contributed by atoms with Crippen LogP contribution in [-0.4, -0.2) is 15.9 Å². The molecule has 0 aliphatic rings. The lowest BCUT2D eigenvalue weighted by atomic mass is 10.3. The third kappa shape index (κ3) is 2.86. The number of para-hydroxylation sites is 1. The maximum Gasteiger partial charge on any atom is 0.253 e. The summed E-state index contributed by atoms with van der Waals surface area (Å²) in [6.45, 7) is 0.421. The van der Waals surface area contributed by atoms with Crippen molar-refractivity contribution in [2.45, 2.75) is 6.54 Å². The summed E-state index contributed by atoms with van der Waals surface area (Å²) in [4.78, 5) is 20.4. The van der Waals surface area contributed by atoms with E-state index >= 15 is 0 Å². The van der Waals surface area contributed by atoms with Crippen LogP contribution in [0.25, 0.3) is 10.2 Å². The zero-order valence-electron chi connectivity index (χ0n) is 10.3. The molecule has 0 saturated heterocycles. The zero-order valence-corrected chi connectivity index (χ0v) is 12.7. The second-order valence-electron chi connectivity index (χ2n) is 4.15. The summed E-state index contributed by atoms with van der Waals surface area (Å²) in [7, 11) is 0. The molecule has 0 spiro atoms. The van der Waals surface area contributed by atoms with Gasteiger partial charge in [-0.25, -0.2) is 4.98 Å². The lowest BCUT2D eigenvalue weighted by Gasteiger charge is -2.02. The van der Waals surface area contributed by atoms with Crippen molar-refractivity contribution >= 4 is 43.4 Å². The molecule has 2 aromatic heterocycles. The van der Waals surface area contributed by atoms with Gasteiger partial charge in [-0.3, -0.25) is 9.78 Å². The van der Waals surface area contributed by atoms with Gasteiger partial charge in [0.1, 0.15) is 5.01 Å². The van der Waals surface area contributed by atoms with E-state index in [1.165, 1.54) is 0 Å². The molecule has 1 aromatic carbocycles. The molecule has 0 aliphatic heterocycles. The highest BCUT2D eigenvalue weighted by molar-refractivity contribution is 9.10. The lowest BCUT2D eigenvalue weighted by molar-refractivity contribution is 0.0950. The second kappa shape index (κ2) is 5.68. The predicted molar refractivity (Wildman–Crippen MR) is 82.7 cm³/mol. The number of carbonyl (C=O) groups excluding carboxylic acids is 1. The van der Waals surface area contributed by atoms with Gasteiger partial charge in [0, 0.05) is 16.9 Å². The fourth-order valence-electron chi connectivity index (χ4n) is 1.79. The van der Waals surface area contributed by atoms with Crippen molar-refractivity contribution in [2.24, 2.45) is 0 Å². The number of nitrogens with one attached hydrogen (secondary N) is 1. The fraction of sp³-hybridized carbons (Fsp3) is 0.0714. The molecule has 0 unspecified atom stereocenters. The number of carbonyl (C=O) groups is 1. The molecule has 3 rings (SSSR count). The van der Waals surface area contributed by atoms with Crippen molar-refractivity contribution in [3.8, 4) is 0 Å². The number of fused-ring (bicyclic) bond motifs is 1. The Kier molecular flexibility index (Phi) is 3.75. The van der Waals surface area contributed by atoms with Gasteiger partial charge in [-0.1, -0.05) is 12.1 Å². The summed E-state index contributed by atoms with van der Waals surface area (Å²) < 4.78 is 1.91. The van der Waals surface area contributed by atoms with Crippen LogP contribution < -0.4 is 5.32 Å². The normalized spacial score (nSPS) is 10.7. The van der Waals surface area contributed by atoms with E-state index in [2.05, 4.69) is 31.2 Å². The molecule has 0 bridgehead atoms. The van der Waals surface area contributed by atoms with Crippen molar-refractivity contribution in [1.29, 1.82) is 0 Å². The molecule has 0 aliphatic carbocycles. The monoisotopic (exact) mass is 347 g/mol. The third-order valence-corrected chi connectivity index (χ3v) is 4.18. The van der Waals surface area contributed by atoms with Crippen LogP contribution in [0.4, 0.5) is 0 Å². The van der Waals surface area contributed by atoms with E-state index in [0.29, 0.717) is 12.1 Å². The summed E-state index contributed by atoms with van der Waals surface area (Å²) in [6.07, 6.45) is 3.18. The SMILES string of the molecule is O=C(NCc1nc2ccccc2s1)c1cncc(Br)c1. The molecule has 0 fully saturated rings. The summed E-state index contributed by atoms with van der Waals surface area (Å²) in [5.41, 5.74) is 1.49. The number of aromatic nitrogens is 2. The Morgan fingerprint density at radius 2 is 2.15 bits per heavy atom. The first-order valence-electron chi connectivity index (χ1n) is 5.95. The van der Waals surface area contributed by atoms with Crippen molar-refractivity contribution in [1.82, 2.24) is 15.3 Å². The number of hydrogen-bond donors (Lipinski definition) is 1. The van der Waals surface area contributed by atoms with E-state index < -0.39 is 0 Å². The smallest absolute Gasteiger partial charge is 0.253 e. The van der Waals surface area contributed by atoms with Gasteiger partial charge in [0.05, 0.1) is 22.3 Å². The molecule has 0 atom stereocenters. The van der Waals surface area contributed by atoms with Gasteiger partial charge < -0.3 is 5.32 Å². The Balaban J connectivity index is 1.71. The van der Waals surface area contributed by atoms with Crippen molar-refractivity contribution in [3.63, 3.8) is 0 Å². The molecule has 6 heteroatoms. The Labute approximate surface area is 128 Å². The quantitative estimate of drug-likeness (QED) is 0.790. The second-order valence-corrected chi connectivity index (χ2v) is 6.18. The molecule has 20 heavy (non-hydrogen) atoms. The number of thiazole rings is 1. The van der Waals surface area contributed by atoms with Gasteiger partial charge in [0.25, 0.3) is 5.91 Å². The van der Waals surface area contributed by atoms with Crippen LogP contribution in [0, 0.1) is 0 Å². The first kappa shape index (κ1) is 13.2. The summed E-state index contributed by atoms with van der Waals surface area (Å²) in [5, 5.41) is 3.74. The van der Waals surface area contributed by atoms with Crippen molar-refractivity contribution in [2.75, 3.05) is 0 Å². The molecule has 0 saturated carbocycles. The van der Waals surface area contributed by atoms with Crippen LogP contribution in [-0.2, 0) is 6.54 Å². The highest BCUT2D eigenvalue weighted by atomic mass is 79.9. The number of rotatable bonds is 3. The molecular formula is C14H10BrN3OS. The fourth-order valence-corrected chi connectivity index (χ4v) is 3.06. The largest absolute Gasteiger partial charge is 0.345 e. The molecule has 4 nitrogen and oxygen atoms in total. The van der Waals surface area contributed by atoms with Gasteiger partial charge in [-0.05, 0) is 34.1 Å². The molecular weight excluding hydrogens is 338 g/mol. The van der Waals surface area contributed by atoms with Gasteiger partial charge in [-0.2, -0.15) is 0 Å².